The van der Waals surface area contributed by atoms with Gasteiger partial charge in [-0.25, -0.2) is 0 Å². The van der Waals surface area contributed by atoms with Crippen LogP contribution in [0.4, 0.5) is 0 Å². The lowest BCUT2D eigenvalue weighted by Gasteiger charge is -2.33. The van der Waals surface area contributed by atoms with Crippen molar-refractivity contribution < 1.29 is 0 Å². The molecule has 80 valence electrons. The van der Waals surface area contributed by atoms with Crippen molar-refractivity contribution in [1.29, 1.82) is 0 Å². The van der Waals surface area contributed by atoms with Crippen molar-refractivity contribution in [3.63, 3.8) is 0 Å². The topological polar surface area (TPSA) is 3.24 Å². The molecular weight excluding hydrogens is 178 g/mol. The normalized spacial score (nSPS) is 16.2. The van der Waals surface area contributed by atoms with Crippen molar-refractivity contribution in [2.45, 2.75) is 59.0 Å². The summed E-state index contributed by atoms with van der Waals surface area (Å²) >= 11 is 4.26. The van der Waals surface area contributed by atoms with Crippen LogP contribution in [0.3, 0.4) is 0 Å². The van der Waals surface area contributed by atoms with Crippen molar-refractivity contribution in [3.05, 3.63) is 0 Å². The lowest BCUT2D eigenvalue weighted by atomic mass is 10.1. The van der Waals surface area contributed by atoms with E-state index in [1.807, 2.05) is 0 Å². The minimum atomic E-state index is 0.717. The molecule has 0 aliphatic rings. The van der Waals surface area contributed by atoms with Crippen molar-refractivity contribution in [2.24, 2.45) is 0 Å². The molecule has 0 amide bonds. The van der Waals surface area contributed by atoms with E-state index in [0.29, 0.717) is 0 Å². The second-order valence-corrected chi connectivity index (χ2v) is 4.28. The lowest BCUT2D eigenvalue weighted by Crippen LogP contribution is -2.40. The van der Waals surface area contributed by atoms with Crippen LogP contribution < -0.4 is 0 Å². The molecule has 0 saturated carbocycles. The van der Waals surface area contributed by atoms with Crippen LogP contribution in [0, 0.1) is 0 Å². The predicted molar refractivity (Wildman–Crippen MR) is 64.7 cm³/mol. The summed E-state index contributed by atoms with van der Waals surface area (Å²) < 4.78 is 0. The van der Waals surface area contributed by atoms with Gasteiger partial charge in [-0.1, -0.05) is 13.8 Å². The summed E-state index contributed by atoms with van der Waals surface area (Å²) in [6, 6.07) is 1.43. The Morgan fingerprint density at radius 3 is 1.85 bits per heavy atom. The SMILES string of the molecule is CCC(C)N(CCCS)C(C)CC. The van der Waals surface area contributed by atoms with Gasteiger partial charge in [0.25, 0.3) is 0 Å². The number of hydrogen-bond donors (Lipinski definition) is 1. The molecule has 0 N–H and O–H groups in total. The zero-order chi connectivity index (χ0) is 10.3. The van der Waals surface area contributed by atoms with Gasteiger partial charge in [0.1, 0.15) is 0 Å². The Hall–Kier alpha value is 0.310. The van der Waals surface area contributed by atoms with Gasteiger partial charge in [0.05, 0.1) is 0 Å². The first-order chi connectivity index (χ1) is 6.17. The van der Waals surface area contributed by atoms with Gasteiger partial charge in [-0.2, -0.15) is 12.6 Å². The second-order valence-electron chi connectivity index (χ2n) is 3.83. The fourth-order valence-corrected chi connectivity index (χ4v) is 1.74. The van der Waals surface area contributed by atoms with Gasteiger partial charge in [-0.05, 0) is 45.4 Å². The molecule has 1 nitrogen and oxygen atoms in total. The zero-order valence-corrected chi connectivity index (χ0v) is 10.5. The Labute approximate surface area is 89.3 Å². The molecule has 0 aromatic rings. The van der Waals surface area contributed by atoms with E-state index in [-0.39, 0.29) is 0 Å². The van der Waals surface area contributed by atoms with Gasteiger partial charge in [0.2, 0.25) is 0 Å². The van der Waals surface area contributed by atoms with Crippen LogP contribution in [0.5, 0.6) is 0 Å². The van der Waals surface area contributed by atoms with Crippen LogP contribution in [0.25, 0.3) is 0 Å². The summed E-state index contributed by atoms with van der Waals surface area (Å²) in [5.74, 6) is 1.00. The minimum absolute atomic E-state index is 0.717. The van der Waals surface area contributed by atoms with E-state index in [1.54, 1.807) is 0 Å². The molecule has 2 unspecified atom stereocenters. The molecular formula is C11H25NS. The molecule has 0 radical (unpaired) electrons. The minimum Gasteiger partial charge on any atom is -0.298 e. The Morgan fingerprint density at radius 1 is 1.08 bits per heavy atom. The lowest BCUT2D eigenvalue weighted by molar-refractivity contribution is 0.147. The molecule has 2 heteroatoms. The fourth-order valence-electron chi connectivity index (χ4n) is 1.60. The summed E-state index contributed by atoms with van der Waals surface area (Å²) in [6.45, 7) is 10.4. The Morgan fingerprint density at radius 2 is 1.54 bits per heavy atom. The summed E-state index contributed by atoms with van der Waals surface area (Å²) in [4.78, 5) is 2.61. The quantitative estimate of drug-likeness (QED) is 0.622. The van der Waals surface area contributed by atoms with E-state index < -0.39 is 0 Å². The molecule has 13 heavy (non-hydrogen) atoms. The Bertz CT molecular complexity index is 107. The van der Waals surface area contributed by atoms with Crippen molar-refractivity contribution in [1.82, 2.24) is 4.90 Å². The maximum atomic E-state index is 4.26. The van der Waals surface area contributed by atoms with Crippen molar-refractivity contribution in [3.8, 4) is 0 Å². The number of nitrogens with zero attached hydrogens (tertiary/aromatic N) is 1. The van der Waals surface area contributed by atoms with Gasteiger partial charge in [-0.3, -0.25) is 4.90 Å². The molecule has 0 heterocycles. The Balaban J connectivity index is 4.01. The first-order valence-electron chi connectivity index (χ1n) is 5.53. The van der Waals surface area contributed by atoms with Crippen molar-refractivity contribution >= 4 is 12.6 Å². The van der Waals surface area contributed by atoms with Crippen LogP contribution in [0.15, 0.2) is 0 Å². The van der Waals surface area contributed by atoms with Crippen molar-refractivity contribution in [2.75, 3.05) is 12.3 Å². The molecule has 0 spiro atoms. The molecule has 0 rings (SSSR count). The van der Waals surface area contributed by atoms with Crippen LogP contribution in [-0.4, -0.2) is 29.3 Å². The number of rotatable bonds is 7. The maximum absolute atomic E-state index is 4.26. The second kappa shape index (κ2) is 7.69. The predicted octanol–water partition coefficient (Wildman–Crippen LogP) is 3.21. The molecule has 0 aromatic carbocycles. The smallest absolute Gasteiger partial charge is 0.00671 e. The van der Waals surface area contributed by atoms with Crippen LogP contribution in [0.2, 0.25) is 0 Å². The average Bonchev–Trinajstić information content (AvgIpc) is 2.17. The molecule has 0 aliphatic carbocycles. The van der Waals surface area contributed by atoms with E-state index in [1.165, 1.54) is 25.8 Å². The van der Waals surface area contributed by atoms with E-state index in [2.05, 4.69) is 45.2 Å². The van der Waals surface area contributed by atoms with Gasteiger partial charge >= 0.3 is 0 Å². The monoisotopic (exact) mass is 203 g/mol. The van der Waals surface area contributed by atoms with E-state index in [9.17, 15) is 0 Å². The number of thiol groups is 1. The van der Waals surface area contributed by atoms with Crippen LogP contribution in [-0.2, 0) is 0 Å². The largest absolute Gasteiger partial charge is 0.298 e. The maximum Gasteiger partial charge on any atom is 0.00671 e. The summed E-state index contributed by atoms with van der Waals surface area (Å²) in [7, 11) is 0. The third kappa shape index (κ3) is 4.92. The standard InChI is InChI=1S/C11H25NS/c1-5-10(3)12(8-7-9-13)11(4)6-2/h10-11,13H,5-9H2,1-4H3. The summed E-state index contributed by atoms with van der Waals surface area (Å²) in [5, 5.41) is 0. The van der Waals surface area contributed by atoms with Gasteiger partial charge in [-0.15, -0.1) is 0 Å². The van der Waals surface area contributed by atoms with E-state index >= 15 is 0 Å². The van der Waals surface area contributed by atoms with Gasteiger partial charge in [0, 0.05) is 12.1 Å². The first kappa shape index (κ1) is 13.3. The van der Waals surface area contributed by atoms with Gasteiger partial charge in [0.15, 0.2) is 0 Å². The zero-order valence-electron chi connectivity index (χ0n) is 9.58. The first-order valence-corrected chi connectivity index (χ1v) is 6.17. The highest BCUT2D eigenvalue weighted by molar-refractivity contribution is 7.80. The van der Waals surface area contributed by atoms with E-state index in [4.69, 9.17) is 0 Å². The molecule has 2 atom stereocenters. The molecule has 0 saturated heterocycles. The number of hydrogen-bond acceptors (Lipinski definition) is 2. The molecule has 0 bridgehead atoms. The Kier molecular flexibility index (Phi) is 7.87. The van der Waals surface area contributed by atoms with E-state index in [0.717, 1.165) is 17.8 Å². The van der Waals surface area contributed by atoms with Crippen LogP contribution >= 0.6 is 12.6 Å². The summed E-state index contributed by atoms with van der Waals surface area (Å²) in [5.41, 5.74) is 0. The van der Waals surface area contributed by atoms with Gasteiger partial charge < -0.3 is 0 Å². The van der Waals surface area contributed by atoms with Crippen LogP contribution in [0.1, 0.15) is 47.0 Å². The highest BCUT2D eigenvalue weighted by Gasteiger charge is 2.16. The highest BCUT2D eigenvalue weighted by Crippen LogP contribution is 2.12. The molecule has 0 aliphatic heterocycles. The molecule has 0 aromatic heterocycles. The highest BCUT2D eigenvalue weighted by atomic mass is 32.1. The third-order valence-corrected chi connectivity index (χ3v) is 3.20. The summed E-state index contributed by atoms with van der Waals surface area (Å²) in [6.07, 6.45) is 3.70. The third-order valence-electron chi connectivity index (χ3n) is 2.89. The average molecular weight is 203 g/mol. The fraction of sp³-hybridized carbons (Fsp3) is 1.00. The molecule has 0 fully saturated rings.